The topological polar surface area (TPSA) is 84.0 Å². The van der Waals surface area contributed by atoms with Crippen molar-refractivity contribution in [2.24, 2.45) is 0 Å². The van der Waals surface area contributed by atoms with Gasteiger partial charge in [-0.3, -0.25) is 0 Å². The van der Waals surface area contributed by atoms with E-state index in [-0.39, 0.29) is 6.09 Å². The molecule has 4 rings (SSSR count). The molecule has 9 heteroatoms. The molecule has 40 heavy (non-hydrogen) atoms. The molecule has 0 spiro atoms. The molecule has 1 aromatic heterocycles. The summed E-state index contributed by atoms with van der Waals surface area (Å²) in [6.07, 6.45) is -0.733. The number of carbonyl (C=O) groups is 2. The lowest BCUT2D eigenvalue weighted by Gasteiger charge is -2.36. The summed E-state index contributed by atoms with van der Waals surface area (Å²) >= 11 is 6.72. The van der Waals surface area contributed by atoms with Crippen molar-refractivity contribution in [1.29, 1.82) is 0 Å². The van der Waals surface area contributed by atoms with E-state index >= 15 is 0 Å². The number of alkyl carbamates (subject to hydrolysis) is 1. The van der Waals surface area contributed by atoms with Crippen LogP contribution in [0.2, 0.25) is 5.02 Å². The summed E-state index contributed by atoms with van der Waals surface area (Å²) in [5.41, 5.74) is 3.94. The number of halogens is 1. The van der Waals surface area contributed by atoms with Crippen LogP contribution in [0.5, 0.6) is 0 Å². The van der Waals surface area contributed by atoms with E-state index in [1.54, 1.807) is 4.90 Å². The zero-order chi connectivity index (χ0) is 29.2. The van der Waals surface area contributed by atoms with E-state index in [9.17, 15) is 9.59 Å². The van der Waals surface area contributed by atoms with E-state index in [2.05, 4.69) is 34.5 Å². The first-order valence-electron chi connectivity index (χ1n) is 13.6. The number of aromatic nitrogens is 1. The molecule has 0 aliphatic carbocycles. The highest BCUT2D eigenvalue weighted by molar-refractivity contribution is 6.33. The molecule has 3 aromatic rings. The van der Waals surface area contributed by atoms with E-state index in [1.165, 1.54) is 0 Å². The van der Waals surface area contributed by atoms with Crippen LogP contribution in [0.1, 0.15) is 52.7 Å². The Morgan fingerprint density at radius 3 is 2.17 bits per heavy atom. The first-order chi connectivity index (χ1) is 18.7. The Kier molecular flexibility index (Phi) is 8.49. The molecule has 214 valence electrons. The number of rotatable bonds is 4. The Balaban J connectivity index is 1.48. The maximum Gasteiger partial charge on any atom is 0.410 e. The molecule has 1 fully saturated rings. The van der Waals surface area contributed by atoms with Crippen LogP contribution in [0.4, 0.5) is 15.4 Å². The van der Waals surface area contributed by atoms with Crippen LogP contribution in [0, 0.1) is 6.92 Å². The number of pyridine rings is 1. The number of amides is 2. The predicted molar refractivity (Wildman–Crippen MR) is 160 cm³/mol. The maximum absolute atomic E-state index is 12.4. The van der Waals surface area contributed by atoms with Gasteiger partial charge in [-0.1, -0.05) is 29.8 Å². The van der Waals surface area contributed by atoms with Gasteiger partial charge in [0.25, 0.3) is 0 Å². The summed E-state index contributed by atoms with van der Waals surface area (Å²) < 4.78 is 10.9. The number of hydrogen-bond donors (Lipinski definition) is 1. The quantitative estimate of drug-likeness (QED) is 0.368. The number of hydrogen-bond acceptors (Lipinski definition) is 6. The van der Waals surface area contributed by atoms with Gasteiger partial charge in [0.05, 0.1) is 10.5 Å². The van der Waals surface area contributed by atoms with Crippen molar-refractivity contribution in [3.8, 4) is 11.1 Å². The van der Waals surface area contributed by atoms with Gasteiger partial charge in [0.1, 0.15) is 17.0 Å². The van der Waals surface area contributed by atoms with E-state index in [1.807, 2.05) is 66.7 Å². The highest BCUT2D eigenvalue weighted by Crippen LogP contribution is 2.32. The fraction of sp³-hybridized carbons (Fsp3) is 0.452. The molecule has 0 saturated carbocycles. The molecule has 8 nitrogen and oxygen atoms in total. The molecule has 2 aromatic carbocycles. The van der Waals surface area contributed by atoms with Crippen LogP contribution >= 0.6 is 11.6 Å². The number of benzene rings is 2. The molecule has 0 bridgehead atoms. The van der Waals surface area contributed by atoms with Gasteiger partial charge in [0.2, 0.25) is 0 Å². The minimum Gasteiger partial charge on any atom is -0.444 e. The molecule has 1 aliphatic heterocycles. The maximum atomic E-state index is 12.4. The predicted octanol–water partition coefficient (Wildman–Crippen LogP) is 6.95. The zero-order valence-corrected chi connectivity index (χ0v) is 25.2. The molecule has 2 heterocycles. The third-order valence-corrected chi connectivity index (χ3v) is 6.76. The SMILES string of the molecule is Cc1ccc(-c2ccc3nc(N4CCN(C(=O)OC(C)(C)C)CC4)c(Cl)cc3c2)cc1CNC(=O)OC(C)(C)C. The van der Waals surface area contributed by atoms with Gasteiger partial charge in [-0.2, -0.15) is 0 Å². The van der Waals surface area contributed by atoms with Crippen LogP contribution in [0.25, 0.3) is 22.0 Å². The molecule has 2 amide bonds. The van der Waals surface area contributed by atoms with Gasteiger partial charge >= 0.3 is 12.2 Å². The van der Waals surface area contributed by atoms with E-state index in [0.717, 1.165) is 39.0 Å². The number of anilines is 1. The molecule has 1 saturated heterocycles. The standard InChI is InChI=1S/C31H39ClN4O4/c1-20-8-9-21(17-24(20)19-33-28(37)39-30(2,3)4)22-10-11-26-23(16-22)18-25(32)27(34-26)35-12-14-36(15-13-35)29(38)40-31(5,6)7/h8-11,16-18H,12-15,19H2,1-7H3,(H,33,37). The molecule has 0 unspecified atom stereocenters. The number of nitrogens with zero attached hydrogens (tertiary/aromatic N) is 3. The lowest BCUT2D eigenvalue weighted by molar-refractivity contribution is 0.0240. The summed E-state index contributed by atoms with van der Waals surface area (Å²) in [6, 6.07) is 14.3. The normalized spacial score (nSPS) is 14.3. The van der Waals surface area contributed by atoms with E-state index in [0.29, 0.717) is 37.7 Å². The van der Waals surface area contributed by atoms with Crippen molar-refractivity contribution in [3.05, 3.63) is 58.6 Å². The number of aryl methyl sites for hydroxylation is 1. The van der Waals surface area contributed by atoms with Crippen LogP contribution in [-0.4, -0.2) is 59.5 Å². The Hall–Kier alpha value is -3.52. The fourth-order valence-corrected chi connectivity index (χ4v) is 4.77. The van der Waals surface area contributed by atoms with Crippen molar-refractivity contribution in [1.82, 2.24) is 15.2 Å². The molecule has 0 radical (unpaired) electrons. The van der Waals surface area contributed by atoms with E-state index < -0.39 is 17.3 Å². The lowest BCUT2D eigenvalue weighted by Crippen LogP contribution is -2.50. The highest BCUT2D eigenvalue weighted by atomic mass is 35.5. The largest absolute Gasteiger partial charge is 0.444 e. The van der Waals surface area contributed by atoms with E-state index in [4.69, 9.17) is 26.1 Å². The summed E-state index contributed by atoms with van der Waals surface area (Å²) in [6.45, 7) is 15.9. The summed E-state index contributed by atoms with van der Waals surface area (Å²) in [4.78, 5) is 33.3. The Morgan fingerprint density at radius 2 is 1.52 bits per heavy atom. The number of piperazine rings is 1. The molecule has 0 atom stereocenters. The molecular formula is C31H39ClN4O4. The second-order valence-electron chi connectivity index (χ2n) is 12.2. The van der Waals surface area contributed by atoms with Gasteiger partial charge in [0, 0.05) is 38.1 Å². The summed E-state index contributed by atoms with van der Waals surface area (Å²) in [5.74, 6) is 0.719. The lowest BCUT2D eigenvalue weighted by atomic mass is 9.98. The smallest absolute Gasteiger partial charge is 0.410 e. The first-order valence-corrected chi connectivity index (χ1v) is 14.0. The van der Waals surface area contributed by atoms with Crippen LogP contribution in [0.3, 0.4) is 0 Å². The molecular weight excluding hydrogens is 528 g/mol. The average molecular weight is 567 g/mol. The molecule has 1 aliphatic rings. The zero-order valence-electron chi connectivity index (χ0n) is 24.4. The summed E-state index contributed by atoms with van der Waals surface area (Å²) in [5, 5.41) is 4.35. The third kappa shape index (κ3) is 7.56. The number of ether oxygens (including phenoxy) is 2. The fourth-order valence-electron chi connectivity index (χ4n) is 4.49. The van der Waals surface area contributed by atoms with Gasteiger partial charge < -0.3 is 24.6 Å². The second kappa shape index (κ2) is 11.5. The monoisotopic (exact) mass is 566 g/mol. The van der Waals surface area contributed by atoms with Gasteiger partial charge in [0.15, 0.2) is 0 Å². The third-order valence-electron chi connectivity index (χ3n) is 6.49. The summed E-state index contributed by atoms with van der Waals surface area (Å²) in [7, 11) is 0. The van der Waals surface area contributed by atoms with Crippen molar-refractivity contribution in [3.63, 3.8) is 0 Å². The Morgan fingerprint density at radius 1 is 0.900 bits per heavy atom. The highest BCUT2D eigenvalue weighted by Gasteiger charge is 2.27. The van der Waals surface area contributed by atoms with Crippen molar-refractivity contribution in [2.75, 3.05) is 31.1 Å². The Labute approximate surface area is 241 Å². The van der Waals surface area contributed by atoms with Crippen LogP contribution < -0.4 is 10.2 Å². The average Bonchev–Trinajstić information content (AvgIpc) is 2.85. The minimum absolute atomic E-state index is 0.294. The van der Waals surface area contributed by atoms with Gasteiger partial charge in [-0.25, -0.2) is 14.6 Å². The number of nitrogens with one attached hydrogen (secondary N) is 1. The van der Waals surface area contributed by atoms with Gasteiger partial charge in [-0.15, -0.1) is 0 Å². The minimum atomic E-state index is -0.546. The van der Waals surface area contributed by atoms with Crippen LogP contribution in [0.15, 0.2) is 42.5 Å². The molecule has 1 N–H and O–H groups in total. The number of carbonyl (C=O) groups excluding carboxylic acids is 2. The van der Waals surface area contributed by atoms with Crippen molar-refractivity contribution >= 4 is 40.5 Å². The number of fused-ring (bicyclic) bond motifs is 1. The first kappa shape index (κ1) is 29.5. The second-order valence-corrected chi connectivity index (χ2v) is 12.6. The van der Waals surface area contributed by atoms with Crippen molar-refractivity contribution < 1.29 is 19.1 Å². The van der Waals surface area contributed by atoms with Crippen LogP contribution in [-0.2, 0) is 16.0 Å². The Bertz CT molecular complexity index is 1400. The van der Waals surface area contributed by atoms with Gasteiger partial charge in [-0.05, 0) is 95.0 Å². The van der Waals surface area contributed by atoms with Crippen molar-refractivity contribution in [2.45, 2.75) is 66.2 Å².